The smallest absolute Gasteiger partial charge is 0.160 e. The minimum absolute atomic E-state index is 0.0904. The molecule has 2 unspecified atom stereocenters. The van der Waals surface area contributed by atoms with Gasteiger partial charge in [0.1, 0.15) is 11.9 Å². The number of hydrogen-bond acceptors (Lipinski definition) is 4. The SMILES string of the molecule is CNCC(O)C(O)c1ccc(F)cc1C(C)=O. The van der Waals surface area contributed by atoms with Gasteiger partial charge in [0, 0.05) is 12.1 Å². The van der Waals surface area contributed by atoms with Crippen molar-refractivity contribution in [3.05, 3.63) is 35.1 Å². The number of nitrogens with one attached hydrogen (secondary N) is 1. The quantitative estimate of drug-likeness (QED) is 0.662. The highest BCUT2D eigenvalue weighted by Gasteiger charge is 2.22. The number of likely N-dealkylation sites (N-methyl/N-ethyl adjacent to an activating group) is 1. The zero-order chi connectivity index (χ0) is 13.0. The summed E-state index contributed by atoms with van der Waals surface area (Å²) >= 11 is 0. The average molecular weight is 241 g/mol. The minimum Gasteiger partial charge on any atom is -0.389 e. The van der Waals surface area contributed by atoms with Crippen LogP contribution in [0.4, 0.5) is 4.39 Å². The number of ketones is 1. The Bertz CT molecular complexity index is 409. The molecule has 4 nitrogen and oxygen atoms in total. The second-order valence-electron chi connectivity index (χ2n) is 3.86. The zero-order valence-corrected chi connectivity index (χ0v) is 9.77. The number of aliphatic hydroxyl groups is 2. The molecule has 0 heterocycles. The number of benzene rings is 1. The molecule has 0 aliphatic carbocycles. The molecule has 0 saturated heterocycles. The normalized spacial score (nSPS) is 14.4. The molecule has 1 rings (SSSR count). The second kappa shape index (κ2) is 5.86. The van der Waals surface area contributed by atoms with Crippen molar-refractivity contribution in [3.63, 3.8) is 0 Å². The fraction of sp³-hybridized carbons (Fsp3) is 0.417. The van der Waals surface area contributed by atoms with Crippen LogP contribution in [0.25, 0.3) is 0 Å². The molecule has 0 radical (unpaired) electrons. The summed E-state index contributed by atoms with van der Waals surface area (Å²) < 4.78 is 13.0. The molecule has 5 heteroatoms. The Balaban J connectivity index is 3.08. The number of carbonyl (C=O) groups excluding carboxylic acids is 1. The van der Waals surface area contributed by atoms with Crippen LogP contribution in [-0.4, -0.2) is 35.7 Å². The minimum atomic E-state index is -1.22. The molecule has 1 aromatic rings. The number of aliphatic hydroxyl groups excluding tert-OH is 2. The molecule has 2 atom stereocenters. The van der Waals surface area contributed by atoms with E-state index < -0.39 is 18.0 Å². The standard InChI is InChI=1S/C12H16FNO3/c1-7(15)10-5-8(13)3-4-9(10)12(17)11(16)6-14-2/h3-5,11-12,14,16-17H,6H2,1-2H3. The van der Waals surface area contributed by atoms with Gasteiger partial charge in [-0.1, -0.05) is 6.07 Å². The molecule has 94 valence electrons. The summed E-state index contributed by atoms with van der Waals surface area (Å²) in [6, 6.07) is 3.53. The van der Waals surface area contributed by atoms with Crippen LogP contribution in [0.3, 0.4) is 0 Å². The van der Waals surface area contributed by atoms with Crippen molar-refractivity contribution in [1.29, 1.82) is 0 Å². The van der Waals surface area contributed by atoms with Gasteiger partial charge in [-0.2, -0.15) is 0 Å². The second-order valence-corrected chi connectivity index (χ2v) is 3.86. The summed E-state index contributed by atoms with van der Waals surface area (Å²) in [7, 11) is 1.63. The van der Waals surface area contributed by atoms with Crippen LogP contribution < -0.4 is 5.32 Å². The van der Waals surface area contributed by atoms with E-state index >= 15 is 0 Å². The summed E-state index contributed by atoms with van der Waals surface area (Å²) in [5.74, 6) is -0.899. The molecular formula is C12H16FNO3. The Morgan fingerprint density at radius 2 is 2.12 bits per heavy atom. The van der Waals surface area contributed by atoms with E-state index in [1.165, 1.54) is 13.0 Å². The van der Waals surface area contributed by atoms with Gasteiger partial charge in [-0.15, -0.1) is 0 Å². The van der Waals surface area contributed by atoms with Crippen molar-refractivity contribution >= 4 is 5.78 Å². The maximum Gasteiger partial charge on any atom is 0.160 e. The molecular weight excluding hydrogens is 225 g/mol. The van der Waals surface area contributed by atoms with E-state index in [1.54, 1.807) is 7.05 Å². The van der Waals surface area contributed by atoms with Crippen molar-refractivity contribution < 1.29 is 19.4 Å². The number of rotatable bonds is 5. The third-order valence-corrected chi connectivity index (χ3v) is 2.49. The topological polar surface area (TPSA) is 69.6 Å². The highest BCUT2D eigenvalue weighted by atomic mass is 19.1. The lowest BCUT2D eigenvalue weighted by molar-refractivity contribution is 0.0197. The first-order valence-corrected chi connectivity index (χ1v) is 5.28. The van der Waals surface area contributed by atoms with Gasteiger partial charge in [-0.3, -0.25) is 4.79 Å². The van der Waals surface area contributed by atoms with E-state index in [-0.39, 0.29) is 23.5 Å². The molecule has 0 aliphatic heterocycles. The molecule has 0 fully saturated rings. The fourth-order valence-corrected chi connectivity index (χ4v) is 1.62. The van der Waals surface area contributed by atoms with Crippen LogP contribution >= 0.6 is 0 Å². The van der Waals surface area contributed by atoms with Crippen molar-refractivity contribution in [2.45, 2.75) is 19.1 Å². The van der Waals surface area contributed by atoms with Crippen LogP contribution in [0.2, 0.25) is 0 Å². The molecule has 17 heavy (non-hydrogen) atoms. The van der Waals surface area contributed by atoms with Gasteiger partial charge >= 0.3 is 0 Å². The van der Waals surface area contributed by atoms with E-state index in [2.05, 4.69) is 5.32 Å². The van der Waals surface area contributed by atoms with Crippen LogP contribution in [0.5, 0.6) is 0 Å². The van der Waals surface area contributed by atoms with E-state index in [0.717, 1.165) is 12.1 Å². The van der Waals surface area contributed by atoms with Crippen LogP contribution in [0.1, 0.15) is 28.9 Å². The van der Waals surface area contributed by atoms with Crippen molar-refractivity contribution in [3.8, 4) is 0 Å². The first-order chi connectivity index (χ1) is 7.97. The van der Waals surface area contributed by atoms with E-state index in [9.17, 15) is 19.4 Å². The lowest BCUT2D eigenvalue weighted by atomic mass is 9.96. The summed E-state index contributed by atoms with van der Waals surface area (Å²) in [6.45, 7) is 1.46. The molecule has 3 N–H and O–H groups in total. The highest BCUT2D eigenvalue weighted by Crippen LogP contribution is 2.22. The van der Waals surface area contributed by atoms with E-state index in [0.29, 0.717) is 0 Å². The molecule has 0 saturated carbocycles. The van der Waals surface area contributed by atoms with Crippen LogP contribution in [0, 0.1) is 5.82 Å². The third-order valence-electron chi connectivity index (χ3n) is 2.49. The summed E-state index contributed by atoms with van der Waals surface area (Å²) in [5.41, 5.74) is 0.328. The Hall–Kier alpha value is -1.30. The number of halogens is 1. The molecule has 0 aromatic heterocycles. The summed E-state index contributed by atoms with van der Waals surface area (Å²) in [4.78, 5) is 11.3. The third kappa shape index (κ3) is 3.33. The van der Waals surface area contributed by atoms with Gasteiger partial charge < -0.3 is 15.5 Å². The van der Waals surface area contributed by atoms with Gasteiger partial charge in [0.25, 0.3) is 0 Å². The maximum absolute atomic E-state index is 13.0. The van der Waals surface area contributed by atoms with Gasteiger partial charge in [0.05, 0.1) is 6.10 Å². The van der Waals surface area contributed by atoms with Gasteiger partial charge in [-0.05, 0) is 31.7 Å². The lowest BCUT2D eigenvalue weighted by Crippen LogP contribution is -2.30. The largest absolute Gasteiger partial charge is 0.389 e. The fourth-order valence-electron chi connectivity index (χ4n) is 1.62. The van der Waals surface area contributed by atoms with Crippen LogP contribution in [-0.2, 0) is 0 Å². The lowest BCUT2D eigenvalue weighted by Gasteiger charge is -2.19. The van der Waals surface area contributed by atoms with Gasteiger partial charge in [0.2, 0.25) is 0 Å². The predicted octanol–water partition coefficient (Wildman–Crippen LogP) is 0.642. The van der Waals surface area contributed by atoms with Crippen molar-refractivity contribution in [2.75, 3.05) is 13.6 Å². The first kappa shape index (κ1) is 13.8. The summed E-state index contributed by atoms with van der Waals surface area (Å²) in [5, 5.41) is 22.2. The Morgan fingerprint density at radius 1 is 1.47 bits per heavy atom. The number of hydrogen-bond donors (Lipinski definition) is 3. The molecule has 1 aromatic carbocycles. The average Bonchev–Trinajstić information content (AvgIpc) is 2.28. The van der Waals surface area contributed by atoms with Crippen LogP contribution in [0.15, 0.2) is 18.2 Å². The van der Waals surface area contributed by atoms with Crippen molar-refractivity contribution in [1.82, 2.24) is 5.32 Å². The van der Waals surface area contributed by atoms with E-state index in [4.69, 9.17) is 0 Å². The van der Waals surface area contributed by atoms with E-state index in [1.807, 2.05) is 0 Å². The highest BCUT2D eigenvalue weighted by molar-refractivity contribution is 5.95. The molecule has 0 aliphatic rings. The number of Topliss-reactive ketones (excluding diaryl/α,β-unsaturated/α-hetero) is 1. The molecule has 0 bridgehead atoms. The Kier molecular flexibility index (Phi) is 4.74. The van der Waals surface area contributed by atoms with Gasteiger partial charge in [0.15, 0.2) is 5.78 Å². The zero-order valence-electron chi connectivity index (χ0n) is 9.77. The Labute approximate surface area is 99.1 Å². The van der Waals surface area contributed by atoms with Crippen molar-refractivity contribution in [2.24, 2.45) is 0 Å². The predicted molar refractivity (Wildman–Crippen MR) is 61.3 cm³/mol. The Morgan fingerprint density at radius 3 is 2.65 bits per heavy atom. The maximum atomic E-state index is 13.0. The van der Waals surface area contributed by atoms with Gasteiger partial charge in [-0.25, -0.2) is 4.39 Å². The summed E-state index contributed by atoms with van der Waals surface area (Å²) in [6.07, 6.45) is -2.27. The molecule has 0 amide bonds. The first-order valence-electron chi connectivity index (χ1n) is 5.28. The number of carbonyl (C=O) groups is 1. The monoisotopic (exact) mass is 241 g/mol. The molecule has 0 spiro atoms.